The second-order valence-electron chi connectivity index (χ2n) is 12.3. The summed E-state index contributed by atoms with van der Waals surface area (Å²) in [5, 5.41) is 4.18. The van der Waals surface area contributed by atoms with E-state index in [-0.39, 0.29) is 0 Å². The molecule has 4 nitrogen and oxygen atoms in total. The van der Waals surface area contributed by atoms with Crippen LogP contribution in [-0.2, 0) is 0 Å². The average molecular weight is 630 g/mol. The number of rotatable bonds is 5. The SMILES string of the molecule is C(=C(/c1ccccc1)c1cccc(-c2ccc3c(c2)oc2ccc4nc(-c5ccccc5)oc4c23)c1)/c1ccc2oc3ccccc3c2c1. The molecule has 4 heteroatoms. The Morgan fingerprint density at radius 1 is 0.449 bits per heavy atom. The van der Waals surface area contributed by atoms with E-state index in [9.17, 15) is 0 Å². The number of nitrogens with zero attached hydrogens (tertiary/aromatic N) is 1. The van der Waals surface area contributed by atoms with Gasteiger partial charge in [0.15, 0.2) is 5.58 Å². The van der Waals surface area contributed by atoms with Gasteiger partial charge in [-0.25, -0.2) is 4.98 Å². The minimum Gasteiger partial charge on any atom is -0.456 e. The van der Waals surface area contributed by atoms with E-state index in [4.69, 9.17) is 18.2 Å². The van der Waals surface area contributed by atoms with Crippen LogP contribution in [0.15, 0.2) is 171 Å². The highest BCUT2D eigenvalue weighted by Gasteiger charge is 2.17. The maximum atomic E-state index is 6.42. The normalized spacial score (nSPS) is 12.2. The molecule has 0 radical (unpaired) electrons. The molecule has 0 N–H and O–H groups in total. The quantitative estimate of drug-likeness (QED) is 0.178. The van der Waals surface area contributed by atoms with Crippen molar-refractivity contribution in [2.75, 3.05) is 0 Å². The highest BCUT2D eigenvalue weighted by atomic mass is 16.4. The molecule has 3 heterocycles. The summed E-state index contributed by atoms with van der Waals surface area (Å²) in [5.41, 5.74) is 12.6. The molecular formula is C45H27NO3. The van der Waals surface area contributed by atoms with E-state index in [1.807, 2.05) is 54.6 Å². The van der Waals surface area contributed by atoms with E-state index >= 15 is 0 Å². The third-order valence-electron chi connectivity index (χ3n) is 9.31. The van der Waals surface area contributed by atoms with Crippen molar-refractivity contribution in [3.63, 3.8) is 0 Å². The molecule has 0 atom stereocenters. The fourth-order valence-corrected chi connectivity index (χ4v) is 6.95. The molecule has 7 aromatic carbocycles. The van der Waals surface area contributed by atoms with Gasteiger partial charge in [0.25, 0.3) is 0 Å². The van der Waals surface area contributed by atoms with Crippen LogP contribution in [0.2, 0.25) is 0 Å². The molecule has 10 rings (SSSR count). The van der Waals surface area contributed by atoms with Gasteiger partial charge in [0, 0.05) is 21.7 Å². The van der Waals surface area contributed by atoms with Crippen LogP contribution in [0.1, 0.15) is 16.7 Å². The second kappa shape index (κ2) is 11.0. The Hall–Kier alpha value is -6.65. The summed E-state index contributed by atoms with van der Waals surface area (Å²) in [4.78, 5) is 4.77. The number of oxazole rings is 1. The van der Waals surface area contributed by atoms with Gasteiger partial charge in [-0.1, -0.05) is 97.1 Å². The summed E-state index contributed by atoms with van der Waals surface area (Å²) in [6.07, 6.45) is 2.27. The molecule has 0 aliphatic heterocycles. The number of aromatic nitrogens is 1. The molecule has 0 fully saturated rings. The standard InChI is InChI=1S/C45H27NO3/c1-3-10-29(11-4-1)36(24-28-18-22-40-37(25-28)34-16-7-8-17-39(34)47-40)33-15-9-14-31(26-33)32-19-20-35-42(27-32)48-41-23-21-38-44(43(35)41)49-45(46-38)30-12-5-2-6-13-30/h1-27H/b36-24+. The second-order valence-corrected chi connectivity index (χ2v) is 12.3. The lowest BCUT2D eigenvalue weighted by Crippen LogP contribution is -1.90. The van der Waals surface area contributed by atoms with Gasteiger partial charge in [0.2, 0.25) is 5.89 Å². The van der Waals surface area contributed by atoms with Gasteiger partial charge in [-0.3, -0.25) is 0 Å². The van der Waals surface area contributed by atoms with E-state index < -0.39 is 0 Å². The Balaban J connectivity index is 1.07. The number of hydrogen-bond donors (Lipinski definition) is 0. The first-order chi connectivity index (χ1) is 24.2. The summed E-state index contributed by atoms with van der Waals surface area (Å²) in [7, 11) is 0. The van der Waals surface area contributed by atoms with Crippen LogP contribution in [-0.4, -0.2) is 4.98 Å². The molecule has 0 bridgehead atoms. The Labute approximate surface area is 281 Å². The summed E-state index contributed by atoms with van der Waals surface area (Å²) in [6.45, 7) is 0. The maximum absolute atomic E-state index is 6.42. The van der Waals surface area contributed by atoms with Crippen LogP contribution in [0.25, 0.3) is 89.2 Å². The van der Waals surface area contributed by atoms with E-state index in [0.717, 1.165) is 93.9 Å². The first-order valence-electron chi connectivity index (χ1n) is 16.4. The third kappa shape index (κ3) is 4.65. The van der Waals surface area contributed by atoms with Crippen LogP contribution >= 0.6 is 0 Å². The number of benzene rings is 7. The molecule has 0 amide bonds. The van der Waals surface area contributed by atoms with Crippen molar-refractivity contribution in [2.24, 2.45) is 0 Å². The molecule has 230 valence electrons. The van der Waals surface area contributed by atoms with Gasteiger partial charge >= 0.3 is 0 Å². The number of hydrogen-bond acceptors (Lipinski definition) is 4. The highest BCUT2D eigenvalue weighted by molar-refractivity contribution is 6.17. The topological polar surface area (TPSA) is 52.3 Å². The van der Waals surface area contributed by atoms with Crippen molar-refractivity contribution >= 4 is 66.6 Å². The van der Waals surface area contributed by atoms with Crippen molar-refractivity contribution in [3.05, 3.63) is 174 Å². The Morgan fingerprint density at radius 3 is 2.06 bits per heavy atom. The van der Waals surface area contributed by atoms with Crippen molar-refractivity contribution in [1.29, 1.82) is 0 Å². The highest BCUT2D eigenvalue weighted by Crippen LogP contribution is 2.39. The van der Waals surface area contributed by atoms with Crippen molar-refractivity contribution in [2.45, 2.75) is 0 Å². The summed E-state index contributed by atoms with van der Waals surface area (Å²) in [6, 6.07) is 54.2. The zero-order valence-corrected chi connectivity index (χ0v) is 26.3. The van der Waals surface area contributed by atoms with Gasteiger partial charge < -0.3 is 13.3 Å². The van der Waals surface area contributed by atoms with Gasteiger partial charge in [0.1, 0.15) is 27.8 Å². The van der Waals surface area contributed by atoms with Gasteiger partial charge in [-0.15, -0.1) is 0 Å². The molecule has 0 unspecified atom stereocenters. The zero-order valence-electron chi connectivity index (χ0n) is 26.3. The van der Waals surface area contributed by atoms with Crippen LogP contribution in [0.5, 0.6) is 0 Å². The van der Waals surface area contributed by atoms with Gasteiger partial charge in [0.05, 0.1) is 5.39 Å². The molecule has 0 aliphatic carbocycles. The smallest absolute Gasteiger partial charge is 0.227 e. The first-order valence-corrected chi connectivity index (χ1v) is 16.4. The van der Waals surface area contributed by atoms with E-state index in [2.05, 4.69) is 109 Å². The minimum atomic E-state index is 0.603. The molecule has 0 saturated heterocycles. The summed E-state index contributed by atoms with van der Waals surface area (Å²) < 4.78 is 18.9. The summed E-state index contributed by atoms with van der Waals surface area (Å²) >= 11 is 0. The number of furan rings is 2. The molecule has 0 aliphatic rings. The van der Waals surface area contributed by atoms with Crippen LogP contribution in [0.4, 0.5) is 0 Å². The third-order valence-corrected chi connectivity index (χ3v) is 9.31. The fourth-order valence-electron chi connectivity index (χ4n) is 6.95. The lowest BCUT2D eigenvalue weighted by Gasteiger charge is -2.11. The molecular weight excluding hydrogens is 602 g/mol. The largest absolute Gasteiger partial charge is 0.456 e. The maximum Gasteiger partial charge on any atom is 0.227 e. The Morgan fingerprint density at radius 2 is 1.16 bits per heavy atom. The van der Waals surface area contributed by atoms with Crippen LogP contribution in [0, 0.1) is 0 Å². The zero-order chi connectivity index (χ0) is 32.3. The van der Waals surface area contributed by atoms with E-state index in [0.29, 0.717) is 5.89 Å². The van der Waals surface area contributed by atoms with Crippen LogP contribution < -0.4 is 0 Å². The lowest BCUT2D eigenvalue weighted by molar-refractivity contribution is 0.622. The summed E-state index contributed by atoms with van der Waals surface area (Å²) in [5.74, 6) is 0.603. The molecule has 49 heavy (non-hydrogen) atoms. The monoisotopic (exact) mass is 629 g/mol. The van der Waals surface area contributed by atoms with Crippen molar-refractivity contribution < 1.29 is 13.3 Å². The Bertz CT molecular complexity index is 2870. The van der Waals surface area contributed by atoms with E-state index in [1.54, 1.807) is 0 Å². The molecule has 0 spiro atoms. The fraction of sp³-hybridized carbons (Fsp3) is 0. The van der Waals surface area contributed by atoms with Crippen molar-refractivity contribution in [3.8, 4) is 22.6 Å². The van der Waals surface area contributed by atoms with Gasteiger partial charge in [-0.05, 0) is 100 Å². The first kappa shape index (κ1) is 27.5. The molecule has 3 aromatic heterocycles. The number of para-hydroxylation sites is 1. The van der Waals surface area contributed by atoms with Crippen LogP contribution in [0.3, 0.4) is 0 Å². The molecule has 0 saturated carbocycles. The average Bonchev–Trinajstić information content (AvgIpc) is 3.87. The minimum absolute atomic E-state index is 0.603. The number of fused-ring (bicyclic) bond motifs is 8. The predicted octanol–water partition coefficient (Wildman–Crippen LogP) is 12.5. The van der Waals surface area contributed by atoms with E-state index in [1.165, 1.54) is 0 Å². The van der Waals surface area contributed by atoms with Crippen molar-refractivity contribution in [1.82, 2.24) is 4.98 Å². The Kier molecular flexibility index (Phi) is 6.15. The molecule has 10 aromatic rings. The lowest BCUT2D eigenvalue weighted by atomic mass is 9.92. The predicted molar refractivity (Wildman–Crippen MR) is 199 cm³/mol. The van der Waals surface area contributed by atoms with Gasteiger partial charge in [-0.2, -0.15) is 0 Å².